The number of hydrogen-bond donors (Lipinski definition) is 2. The molecule has 0 radical (unpaired) electrons. The van der Waals surface area contributed by atoms with E-state index in [9.17, 15) is 14.4 Å². The molecule has 1 saturated carbocycles. The van der Waals surface area contributed by atoms with Crippen molar-refractivity contribution in [1.29, 1.82) is 0 Å². The topological polar surface area (TPSA) is 97.0 Å². The molecule has 8 nitrogen and oxygen atoms in total. The largest absolute Gasteiger partial charge is 0.385 e. The molecule has 3 fully saturated rings. The quantitative estimate of drug-likeness (QED) is 0.391. The van der Waals surface area contributed by atoms with Crippen LogP contribution in [0.5, 0.6) is 0 Å². The molecule has 3 heterocycles. The molecule has 2 N–H and O–H groups in total. The lowest BCUT2D eigenvalue weighted by molar-refractivity contribution is -0.141. The maximum absolute atomic E-state index is 13.8. The number of ether oxygens (including phenoxy) is 2. The fourth-order valence-corrected chi connectivity index (χ4v) is 6.79. The van der Waals surface area contributed by atoms with Crippen LogP contribution in [0.4, 0.5) is 5.69 Å². The van der Waals surface area contributed by atoms with Gasteiger partial charge in [0.1, 0.15) is 11.6 Å². The average molecular weight is 536 g/mol. The van der Waals surface area contributed by atoms with Crippen LogP contribution >= 0.6 is 23.2 Å². The molecular formula is C26H31Cl2N3O5. The Morgan fingerprint density at radius 2 is 1.86 bits per heavy atom. The first-order chi connectivity index (χ1) is 17.3. The number of fused-ring (bicyclic) bond motifs is 1. The summed E-state index contributed by atoms with van der Waals surface area (Å²) in [7, 11) is 1.60. The molecule has 1 aromatic rings. The molecule has 4 aliphatic rings. The molecule has 194 valence electrons. The van der Waals surface area contributed by atoms with E-state index < -0.39 is 29.6 Å². The van der Waals surface area contributed by atoms with E-state index >= 15 is 0 Å². The van der Waals surface area contributed by atoms with Gasteiger partial charge in [0.05, 0.1) is 17.9 Å². The van der Waals surface area contributed by atoms with E-state index in [1.165, 1.54) is 6.42 Å². The number of nitrogens with zero attached hydrogens (tertiary/aromatic N) is 1. The maximum atomic E-state index is 13.8. The zero-order valence-electron chi connectivity index (χ0n) is 20.2. The SMILES string of the molecule is COCCCN1C(=O)[C@H]2[C@H](C(=O)Nc3cc(Cl)cc(Cl)c3)[C@H]3C=C[C@@]2(O3)[C@H]1C(=O)NC1CCCCC1. The molecule has 3 aliphatic heterocycles. The van der Waals surface area contributed by atoms with Crippen molar-refractivity contribution in [3.8, 4) is 0 Å². The Morgan fingerprint density at radius 3 is 2.56 bits per heavy atom. The number of hydrogen-bond acceptors (Lipinski definition) is 5. The van der Waals surface area contributed by atoms with Gasteiger partial charge in [-0.3, -0.25) is 14.4 Å². The van der Waals surface area contributed by atoms with Gasteiger partial charge in [0.25, 0.3) is 0 Å². The lowest BCUT2D eigenvalue weighted by Gasteiger charge is -2.34. The number of nitrogens with one attached hydrogen (secondary N) is 2. The smallest absolute Gasteiger partial charge is 0.246 e. The first-order valence-corrected chi connectivity index (χ1v) is 13.3. The number of carbonyl (C=O) groups excluding carboxylic acids is 3. The first-order valence-electron chi connectivity index (χ1n) is 12.6. The van der Waals surface area contributed by atoms with E-state index in [1.807, 2.05) is 6.08 Å². The van der Waals surface area contributed by atoms with Gasteiger partial charge in [0.15, 0.2) is 0 Å². The Hall–Kier alpha value is -2.13. The van der Waals surface area contributed by atoms with Gasteiger partial charge in [-0.05, 0) is 37.5 Å². The van der Waals surface area contributed by atoms with E-state index in [0.717, 1.165) is 25.7 Å². The van der Waals surface area contributed by atoms with Crippen LogP contribution < -0.4 is 10.6 Å². The van der Waals surface area contributed by atoms with Gasteiger partial charge in [0.2, 0.25) is 17.7 Å². The Morgan fingerprint density at radius 1 is 1.14 bits per heavy atom. The summed E-state index contributed by atoms with van der Waals surface area (Å²) in [5.74, 6) is -2.41. The van der Waals surface area contributed by atoms with Crippen LogP contribution in [0.2, 0.25) is 10.0 Å². The van der Waals surface area contributed by atoms with Crippen LogP contribution in [0, 0.1) is 11.8 Å². The highest BCUT2D eigenvalue weighted by atomic mass is 35.5. The summed E-state index contributed by atoms with van der Waals surface area (Å²) in [6.07, 6.45) is 8.79. The first kappa shape index (κ1) is 25.5. The van der Waals surface area contributed by atoms with E-state index in [0.29, 0.717) is 35.3 Å². The molecule has 0 aromatic heterocycles. The number of carbonyl (C=O) groups is 3. The predicted octanol–water partition coefficient (Wildman–Crippen LogP) is 3.57. The molecule has 10 heteroatoms. The summed E-state index contributed by atoms with van der Waals surface area (Å²) < 4.78 is 11.5. The molecule has 5 atom stereocenters. The summed E-state index contributed by atoms with van der Waals surface area (Å²) in [6, 6.07) is 4.02. The minimum atomic E-state index is -1.18. The molecule has 3 amide bonds. The molecule has 5 rings (SSSR count). The number of rotatable bonds is 8. The average Bonchev–Trinajstić information content (AvgIpc) is 3.47. The number of anilines is 1. The molecule has 1 aromatic carbocycles. The number of halogens is 2. The van der Waals surface area contributed by atoms with Crippen molar-refractivity contribution in [3.63, 3.8) is 0 Å². The third-order valence-corrected chi connectivity index (χ3v) is 8.19. The number of methoxy groups -OCH3 is 1. The predicted molar refractivity (Wildman–Crippen MR) is 136 cm³/mol. The Labute approximate surface area is 220 Å². The number of benzene rings is 1. The Bertz CT molecular complexity index is 1060. The Balaban J connectivity index is 1.42. The van der Waals surface area contributed by atoms with Gasteiger partial charge in [0, 0.05) is 42.0 Å². The van der Waals surface area contributed by atoms with Gasteiger partial charge < -0.3 is 25.0 Å². The van der Waals surface area contributed by atoms with E-state index in [1.54, 1.807) is 36.3 Å². The van der Waals surface area contributed by atoms with E-state index in [-0.39, 0.29) is 23.8 Å². The van der Waals surface area contributed by atoms with Crippen molar-refractivity contribution in [3.05, 3.63) is 40.4 Å². The highest BCUT2D eigenvalue weighted by molar-refractivity contribution is 6.35. The van der Waals surface area contributed by atoms with Crippen molar-refractivity contribution in [2.24, 2.45) is 11.8 Å². The number of likely N-dealkylation sites (tertiary alicyclic amines) is 1. The summed E-state index contributed by atoms with van der Waals surface area (Å²) in [4.78, 5) is 42.6. The number of amides is 3. The van der Waals surface area contributed by atoms with E-state index in [4.69, 9.17) is 32.7 Å². The minimum Gasteiger partial charge on any atom is -0.385 e. The zero-order valence-corrected chi connectivity index (χ0v) is 21.7. The van der Waals surface area contributed by atoms with Crippen LogP contribution in [0.15, 0.2) is 30.4 Å². The monoisotopic (exact) mass is 535 g/mol. The van der Waals surface area contributed by atoms with Crippen LogP contribution in [-0.4, -0.2) is 66.7 Å². The van der Waals surface area contributed by atoms with Crippen LogP contribution in [-0.2, 0) is 23.9 Å². The van der Waals surface area contributed by atoms with Crippen LogP contribution in [0.3, 0.4) is 0 Å². The lowest BCUT2D eigenvalue weighted by Crippen LogP contribution is -2.56. The normalized spacial score (nSPS) is 31.1. The second-order valence-corrected chi connectivity index (χ2v) is 10.9. The van der Waals surface area contributed by atoms with Gasteiger partial charge in [-0.2, -0.15) is 0 Å². The molecule has 1 spiro atoms. The van der Waals surface area contributed by atoms with Crippen LogP contribution in [0.25, 0.3) is 0 Å². The second kappa shape index (κ2) is 10.3. The van der Waals surface area contributed by atoms with Crippen molar-refractivity contribution in [1.82, 2.24) is 10.2 Å². The molecule has 1 aliphatic carbocycles. The Kier molecular flexibility index (Phi) is 7.32. The standard InChI is InChI=1S/C26H31Cl2N3O5/c1-35-11-5-10-31-22(24(33)29-17-6-3-2-4-7-17)26-9-8-19(36-26)20(21(26)25(31)34)23(32)30-18-13-15(27)12-16(28)14-18/h8-9,12-14,17,19-22H,2-7,10-11H2,1H3,(H,29,33)(H,30,32)/t19-,20-,21-,22-,26+/m1/s1. The molecule has 36 heavy (non-hydrogen) atoms. The van der Waals surface area contributed by atoms with Crippen molar-refractivity contribution in [2.45, 2.75) is 62.3 Å². The van der Waals surface area contributed by atoms with Crippen LogP contribution in [0.1, 0.15) is 38.5 Å². The van der Waals surface area contributed by atoms with Gasteiger partial charge in [-0.1, -0.05) is 54.6 Å². The highest BCUT2D eigenvalue weighted by Gasteiger charge is 2.72. The van der Waals surface area contributed by atoms with Gasteiger partial charge >= 0.3 is 0 Å². The third kappa shape index (κ3) is 4.53. The van der Waals surface area contributed by atoms with Gasteiger partial charge in [-0.25, -0.2) is 0 Å². The minimum absolute atomic E-state index is 0.0897. The molecule has 0 unspecified atom stereocenters. The summed E-state index contributed by atoms with van der Waals surface area (Å²) in [5.41, 5.74) is -0.742. The van der Waals surface area contributed by atoms with Crippen molar-refractivity contribution >= 4 is 46.6 Å². The summed E-state index contributed by atoms with van der Waals surface area (Å²) in [6.45, 7) is 0.797. The fraction of sp³-hybridized carbons (Fsp3) is 0.577. The van der Waals surface area contributed by atoms with Crippen molar-refractivity contribution in [2.75, 3.05) is 25.6 Å². The highest BCUT2D eigenvalue weighted by Crippen LogP contribution is 2.55. The van der Waals surface area contributed by atoms with E-state index in [2.05, 4.69) is 10.6 Å². The summed E-state index contributed by atoms with van der Waals surface area (Å²) in [5, 5.41) is 6.80. The van der Waals surface area contributed by atoms with Gasteiger partial charge in [-0.15, -0.1) is 0 Å². The van der Waals surface area contributed by atoms with Crippen molar-refractivity contribution < 1.29 is 23.9 Å². The fourth-order valence-electron chi connectivity index (χ4n) is 6.27. The molecular weight excluding hydrogens is 505 g/mol. The molecule has 2 saturated heterocycles. The lowest BCUT2D eigenvalue weighted by atomic mass is 9.74. The second-order valence-electron chi connectivity index (χ2n) is 10.1. The summed E-state index contributed by atoms with van der Waals surface area (Å²) >= 11 is 12.2. The molecule has 2 bridgehead atoms. The third-order valence-electron chi connectivity index (χ3n) is 7.75. The maximum Gasteiger partial charge on any atom is 0.246 e. The zero-order chi connectivity index (χ0) is 25.4.